The zero-order valence-corrected chi connectivity index (χ0v) is 69.3. The summed E-state index contributed by atoms with van der Waals surface area (Å²) in [7, 11) is 0. The van der Waals surface area contributed by atoms with E-state index in [1.165, 1.54) is 41.4 Å². The Balaban J connectivity index is 0.000000177. The molecule has 12 heteroatoms. The first-order valence-electron chi connectivity index (χ1n) is 42.8. The fourth-order valence-corrected chi connectivity index (χ4v) is 17.8. The van der Waals surface area contributed by atoms with Crippen molar-refractivity contribution < 1.29 is 74.4 Å². The average molecular weight is 1900 g/mol. The van der Waals surface area contributed by atoms with Gasteiger partial charge in [0.2, 0.25) is 0 Å². The third kappa shape index (κ3) is 15.1. The van der Waals surface area contributed by atoms with Crippen LogP contribution in [0.5, 0.6) is 23.0 Å². The molecule has 0 spiro atoms. The van der Waals surface area contributed by atoms with Crippen molar-refractivity contribution in [1.82, 2.24) is 19.1 Å². The van der Waals surface area contributed by atoms with E-state index < -0.39 is 60.4 Å². The first-order valence-corrected chi connectivity index (χ1v) is 39.4. The number of fused-ring (bicyclic) bond motifs is 8. The molecule has 20 rings (SSSR count). The molecule has 0 radical (unpaired) electrons. The first kappa shape index (κ1) is 65.1. The molecule has 6 aromatic heterocycles. The number of ether oxygens (including phenoxy) is 2. The van der Waals surface area contributed by atoms with Gasteiger partial charge in [0.05, 0.1) is 47.1 Å². The summed E-state index contributed by atoms with van der Waals surface area (Å²) in [6.45, 7) is 9.00. The second-order valence-electron chi connectivity index (χ2n) is 28.6. The Morgan fingerprint density at radius 2 is 0.707 bits per heavy atom. The van der Waals surface area contributed by atoms with E-state index in [1.54, 1.807) is 50.8 Å². The zero-order chi connectivity index (χ0) is 85.3. The Morgan fingerprint density at radius 1 is 0.353 bits per heavy atom. The first-order chi connectivity index (χ1) is 60.3. The molecule has 0 N–H and O–H groups in total. The predicted octanol–water partition coefficient (Wildman–Crippen LogP) is 26.1. The second-order valence-corrected chi connectivity index (χ2v) is 30.6. The number of pyridine rings is 2. The van der Waals surface area contributed by atoms with E-state index in [4.69, 9.17) is 33.1 Å². The molecule has 20 aromatic rings. The molecule has 0 aliphatic heterocycles. The van der Waals surface area contributed by atoms with Crippen molar-refractivity contribution in [3.05, 3.63) is 388 Å². The van der Waals surface area contributed by atoms with Gasteiger partial charge in [-0.05, 0) is 125 Å². The van der Waals surface area contributed by atoms with Gasteiger partial charge in [-0.1, -0.05) is 282 Å². The van der Waals surface area contributed by atoms with Crippen LogP contribution in [0.2, 0.25) is 0 Å². The van der Waals surface area contributed by atoms with Crippen molar-refractivity contribution in [1.29, 1.82) is 0 Å². The number of nitrogens with zero attached hydrogens (tertiary/aromatic N) is 6. The minimum atomic E-state index is -0.569. The van der Waals surface area contributed by atoms with Gasteiger partial charge >= 0.3 is 0 Å². The van der Waals surface area contributed by atoms with Crippen LogP contribution in [0, 0.1) is 48.8 Å². The minimum absolute atomic E-state index is 0. The Labute approximate surface area is 726 Å². The van der Waals surface area contributed by atoms with Crippen LogP contribution in [0.15, 0.2) is 340 Å². The van der Waals surface area contributed by atoms with Crippen molar-refractivity contribution in [3.8, 4) is 113 Å². The SMILES string of the molecule is CC(C)Cc1cccc2c1sc1c(-c3[c-]c(Oc4[c-]c(-n5[c-][n+](-c6c(-c7ccccc7)cccc6-c6ccccc6)c6ccccc65)ccc4)ccc3)nccc12.[2H]c1c([2H])c([2H])c(-c2cccc(-c3c([2H])c([2H])c([2H])c([2H])c3[2H])c2-[n+]2[c-]n(-c3[c-]c(Oc4[c-]c(-c5nccc6c5sc5c(CC(C)C)cccc56)ccc4)ccc3)c3ccccc32)c([2H])c1[2H].[Pt].[Pt]. The van der Waals surface area contributed by atoms with Crippen LogP contribution in [0.1, 0.15) is 52.5 Å². The molecule has 0 bridgehead atoms. The molecule has 0 aliphatic rings. The van der Waals surface area contributed by atoms with E-state index in [9.17, 15) is 0 Å². The molecule has 8 nitrogen and oxygen atoms in total. The third-order valence-corrected chi connectivity index (χ3v) is 22.7. The summed E-state index contributed by atoms with van der Waals surface area (Å²) in [5.74, 6) is 3.09. The Morgan fingerprint density at radius 3 is 1.12 bits per heavy atom. The Bertz CT molecular complexity index is 7430. The quantitative estimate of drug-likeness (QED) is 0.0634. The summed E-state index contributed by atoms with van der Waals surface area (Å²) < 4.78 is 112. The maximum absolute atomic E-state index is 8.97. The predicted molar refractivity (Wildman–Crippen MR) is 467 cm³/mol. The number of para-hydroxylation sites is 6. The molecule has 0 aliphatic carbocycles. The summed E-state index contributed by atoms with van der Waals surface area (Å²) in [6.07, 6.45) is 12.9. The number of benzene rings is 14. The molecule has 6 heterocycles. The van der Waals surface area contributed by atoms with Crippen molar-refractivity contribution >= 4 is 85.1 Å². The molecule has 0 saturated heterocycles. The van der Waals surface area contributed by atoms with Crippen LogP contribution in [-0.4, -0.2) is 19.1 Å². The van der Waals surface area contributed by atoms with Gasteiger partial charge in [0.1, 0.15) is 0 Å². The van der Waals surface area contributed by atoms with Crippen LogP contribution in [0.4, 0.5) is 0 Å². The van der Waals surface area contributed by atoms with E-state index in [2.05, 4.69) is 231 Å². The number of thiophene rings is 2. The maximum atomic E-state index is 8.97. The Hall–Kier alpha value is -12.3. The largest absolute Gasteiger partial charge is 0.503 e. The van der Waals surface area contributed by atoms with Crippen molar-refractivity contribution in [3.63, 3.8) is 0 Å². The molecule has 568 valence electrons. The molecular weight excluding hydrogens is 1820 g/mol. The van der Waals surface area contributed by atoms with E-state index in [1.807, 2.05) is 103 Å². The second kappa shape index (κ2) is 33.7. The number of rotatable bonds is 18. The molecule has 0 amide bonds. The number of aromatic nitrogens is 6. The molecule has 116 heavy (non-hydrogen) atoms. The van der Waals surface area contributed by atoms with Crippen LogP contribution < -0.4 is 18.6 Å². The molecular formula is C104H74N6O2Pt2S2-4. The van der Waals surface area contributed by atoms with Gasteiger partial charge in [-0.25, -0.2) is 0 Å². The fraction of sp³-hybridized carbons (Fsp3) is 0.0769. The van der Waals surface area contributed by atoms with Crippen molar-refractivity contribution in [2.45, 2.75) is 40.5 Å². The number of imidazole rings is 2. The molecule has 0 unspecified atom stereocenters. The molecule has 0 atom stereocenters. The van der Waals surface area contributed by atoms with E-state index in [-0.39, 0.29) is 70.1 Å². The number of hydrogen-bond donors (Lipinski definition) is 0. The standard InChI is InChI=1S/2C52H37N3OS.2Pt/c2*1-35(2)31-39-20-12-26-45-46-29-30-53-49(52(46)57-51(39)45)38-19-11-22-41(32-38)56-42-23-13-21-40(33-42)54-34-55(48-28-10-9-27-47(48)54)50-43(36-15-5-3-6-16-36)24-14-25-44(50)37-17-7-4-8-18-37;;/h2*3-30,35H,31H2,1-2H3;;/q2*-2;;/i3D,4D,5D,6D,7D,8D,15D,16D,17D,18D;;;. The minimum Gasteiger partial charge on any atom is -0.503 e. The third-order valence-electron chi connectivity index (χ3n) is 20.1. The van der Waals surface area contributed by atoms with Crippen molar-refractivity contribution in [2.24, 2.45) is 11.8 Å². The summed E-state index contributed by atoms with van der Waals surface area (Å²) in [5, 5.41) is 4.85. The van der Waals surface area contributed by atoms with Gasteiger partial charge in [0.25, 0.3) is 12.7 Å². The van der Waals surface area contributed by atoms with Crippen LogP contribution in [0.3, 0.4) is 0 Å². The summed E-state index contributed by atoms with van der Waals surface area (Å²) >= 11 is 3.57. The zero-order valence-electron chi connectivity index (χ0n) is 73.1. The van der Waals surface area contributed by atoms with Crippen LogP contribution in [0.25, 0.3) is 152 Å². The average Bonchev–Trinajstić information content (AvgIpc) is 1.34. The van der Waals surface area contributed by atoms with Gasteiger partial charge in [-0.15, -0.1) is 94.5 Å². The monoisotopic (exact) mass is 1900 g/mol. The van der Waals surface area contributed by atoms with Gasteiger partial charge in [0, 0.05) is 108 Å². The topological polar surface area (TPSA) is 61.9 Å². The van der Waals surface area contributed by atoms with Crippen LogP contribution >= 0.6 is 22.7 Å². The normalized spacial score (nSPS) is 12.6. The van der Waals surface area contributed by atoms with Crippen molar-refractivity contribution in [2.75, 3.05) is 0 Å². The van der Waals surface area contributed by atoms with Gasteiger partial charge in [-0.2, -0.15) is 24.3 Å². The van der Waals surface area contributed by atoms with E-state index in [0.717, 1.165) is 90.1 Å². The van der Waals surface area contributed by atoms with Gasteiger partial charge in [-0.3, -0.25) is 9.13 Å². The molecule has 14 aromatic carbocycles. The summed E-state index contributed by atoms with van der Waals surface area (Å²) in [4.78, 5) is 9.70. The molecule has 0 fully saturated rings. The smallest absolute Gasteiger partial charge is 0.268 e. The maximum Gasteiger partial charge on any atom is 0.268 e. The fourth-order valence-electron chi connectivity index (χ4n) is 15.2. The van der Waals surface area contributed by atoms with Gasteiger partial charge in [0.15, 0.2) is 0 Å². The van der Waals surface area contributed by atoms with E-state index >= 15 is 0 Å². The Kier molecular flexibility index (Phi) is 18.9. The summed E-state index contributed by atoms with van der Waals surface area (Å²) in [6, 6.07) is 97.2. The van der Waals surface area contributed by atoms with E-state index in [0.29, 0.717) is 51.6 Å². The number of hydrogen-bond acceptors (Lipinski definition) is 6. The van der Waals surface area contributed by atoms with Crippen LogP contribution in [-0.2, 0) is 55.0 Å². The molecule has 0 saturated carbocycles. The summed E-state index contributed by atoms with van der Waals surface area (Å²) in [5.41, 5.74) is 16.4. The van der Waals surface area contributed by atoms with Gasteiger partial charge < -0.3 is 28.6 Å².